The second kappa shape index (κ2) is 7.98. The predicted octanol–water partition coefficient (Wildman–Crippen LogP) is 2.45. The molecule has 0 radical (unpaired) electrons. The van der Waals surface area contributed by atoms with Crippen molar-refractivity contribution in [2.24, 2.45) is 0 Å². The van der Waals surface area contributed by atoms with Gasteiger partial charge in [0.2, 0.25) is 12.7 Å². The van der Waals surface area contributed by atoms with Crippen molar-refractivity contribution < 1.29 is 19.0 Å². The molecule has 6 nitrogen and oxygen atoms in total. The highest BCUT2D eigenvalue weighted by atomic mass is 16.7. The van der Waals surface area contributed by atoms with E-state index in [2.05, 4.69) is 4.90 Å². The SMILES string of the molecule is CN(Cc1ccc2c(c1)OCO2)[C@@H](C(=O)N1CCOCC1)c1ccccc1. The van der Waals surface area contributed by atoms with Crippen LogP contribution in [0.15, 0.2) is 48.5 Å². The quantitative estimate of drug-likeness (QED) is 0.811. The molecule has 2 aromatic carbocycles. The fraction of sp³-hybridized carbons (Fsp3) is 0.381. The average Bonchev–Trinajstić information content (AvgIpc) is 3.17. The number of nitrogens with zero attached hydrogens (tertiary/aromatic N) is 2. The fourth-order valence-electron chi connectivity index (χ4n) is 3.60. The summed E-state index contributed by atoms with van der Waals surface area (Å²) in [5.41, 5.74) is 2.08. The molecule has 0 unspecified atom stereocenters. The summed E-state index contributed by atoms with van der Waals surface area (Å²) in [4.78, 5) is 17.3. The van der Waals surface area contributed by atoms with Crippen molar-refractivity contribution in [1.29, 1.82) is 0 Å². The van der Waals surface area contributed by atoms with Gasteiger partial charge in [-0.25, -0.2) is 0 Å². The second-order valence-electron chi connectivity index (χ2n) is 6.85. The highest BCUT2D eigenvalue weighted by Gasteiger charge is 2.30. The summed E-state index contributed by atoms with van der Waals surface area (Å²) in [6.45, 7) is 3.36. The molecular weight excluding hydrogens is 344 g/mol. The van der Waals surface area contributed by atoms with Gasteiger partial charge in [0.1, 0.15) is 6.04 Å². The molecule has 6 heteroatoms. The molecular formula is C21H24N2O4. The number of ether oxygens (including phenoxy) is 3. The van der Waals surface area contributed by atoms with Crippen molar-refractivity contribution in [1.82, 2.24) is 9.80 Å². The van der Waals surface area contributed by atoms with Crippen LogP contribution >= 0.6 is 0 Å². The summed E-state index contributed by atoms with van der Waals surface area (Å²) in [7, 11) is 1.99. The molecule has 0 bridgehead atoms. The lowest BCUT2D eigenvalue weighted by Gasteiger charge is -2.34. The molecule has 27 heavy (non-hydrogen) atoms. The second-order valence-corrected chi connectivity index (χ2v) is 6.85. The van der Waals surface area contributed by atoms with Gasteiger partial charge in [-0.15, -0.1) is 0 Å². The van der Waals surface area contributed by atoms with Crippen LogP contribution in [0.2, 0.25) is 0 Å². The van der Waals surface area contributed by atoms with Crippen LogP contribution in [-0.4, -0.2) is 55.9 Å². The van der Waals surface area contributed by atoms with Crippen molar-refractivity contribution in [3.63, 3.8) is 0 Å². The minimum absolute atomic E-state index is 0.118. The Labute approximate surface area is 159 Å². The van der Waals surface area contributed by atoms with E-state index in [0.29, 0.717) is 32.8 Å². The first-order valence-corrected chi connectivity index (χ1v) is 9.22. The van der Waals surface area contributed by atoms with E-state index in [1.807, 2.05) is 60.5 Å². The maximum Gasteiger partial charge on any atom is 0.244 e. The number of benzene rings is 2. The third-order valence-corrected chi connectivity index (χ3v) is 4.98. The van der Waals surface area contributed by atoms with E-state index >= 15 is 0 Å². The molecule has 0 aromatic heterocycles. The van der Waals surface area contributed by atoms with Crippen LogP contribution in [0.3, 0.4) is 0 Å². The Bertz CT molecular complexity index is 790. The first kappa shape index (κ1) is 17.8. The van der Waals surface area contributed by atoms with Crippen LogP contribution < -0.4 is 9.47 Å². The van der Waals surface area contributed by atoms with Crippen molar-refractivity contribution in [2.45, 2.75) is 12.6 Å². The van der Waals surface area contributed by atoms with Gasteiger partial charge in [0.05, 0.1) is 13.2 Å². The molecule has 0 aliphatic carbocycles. The number of morpholine rings is 1. The van der Waals surface area contributed by atoms with E-state index < -0.39 is 0 Å². The number of hydrogen-bond acceptors (Lipinski definition) is 5. The van der Waals surface area contributed by atoms with Crippen molar-refractivity contribution in [2.75, 3.05) is 40.1 Å². The van der Waals surface area contributed by atoms with Gasteiger partial charge >= 0.3 is 0 Å². The van der Waals surface area contributed by atoms with Gasteiger partial charge in [-0.2, -0.15) is 0 Å². The molecule has 142 valence electrons. The molecule has 4 rings (SSSR count). The Kier molecular flexibility index (Phi) is 5.27. The summed E-state index contributed by atoms with van der Waals surface area (Å²) in [6.07, 6.45) is 0. The Morgan fingerprint density at radius 3 is 2.59 bits per heavy atom. The molecule has 1 atom stereocenters. The first-order chi connectivity index (χ1) is 13.2. The lowest BCUT2D eigenvalue weighted by atomic mass is 10.0. The van der Waals surface area contributed by atoms with Crippen LogP contribution in [0.5, 0.6) is 11.5 Å². The van der Waals surface area contributed by atoms with E-state index in [1.54, 1.807) is 0 Å². The van der Waals surface area contributed by atoms with Crippen LogP contribution in [0.25, 0.3) is 0 Å². The Morgan fingerprint density at radius 2 is 1.81 bits per heavy atom. The van der Waals surface area contributed by atoms with Gasteiger partial charge in [-0.3, -0.25) is 9.69 Å². The maximum atomic E-state index is 13.3. The minimum Gasteiger partial charge on any atom is -0.454 e. The zero-order valence-corrected chi connectivity index (χ0v) is 15.5. The van der Waals surface area contributed by atoms with E-state index in [-0.39, 0.29) is 18.7 Å². The molecule has 2 heterocycles. The summed E-state index contributed by atoms with van der Waals surface area (Å²) < 4.78 is 16.3. The summed E-state index contributed by atoms with van der Waals surface area (Å²) in [5, 5.41) is 0. The lowest BCUT2D eigenvalue weighted by Crippen LogP contribution is -2.46. The Hall–Kier alpha value is -2.57. The number of likely N-dealkylation sites (N-methyl/N-ethyl adjacent to an activating group) is 1. The molecule has 1 amide bonds. The average molecular weight is 368 g/mol. The van der Waals surface area contributed by atoms with Gasteiger partial charge in [0.15, 0.2) is 11.5 Å². The van der Waals surface area contributed by atoms with E-state index in [1.165, 1.54) is 0 Å². The van der Waals surface area contributed by atoms with Crippen LogP contribution in [0.4, 0.5) is 0 Å². The number of rotatable bonds is 5. The van der Waals surface area contributed by atoms with Gasteiger partial charge in [-0.1, -0.05) is 36.4 Å². The fourth-order valence-corrected chi connectivity index (χ4v) is 3.60. The van der Waals surface area contributed by atoms with Crippen LogP contribution in [-0.2, 0) is 16.1 Å². The summed E-state index contributed by atoms with van der Waals surface area (Å²) >= 11 is 0. The van der Waals surface area contributed by atoms with E-state index in [9.17, 15) is 4.79 Å². The molecule has 1 saturated heterocycles. The highest BCUT2D eigenvalue weighted by Crippen LogP contribution is 2.33. The molecule has 0 spiro atoms. The zero-order chi connectivity index (χ0) is 18.6. The predicted molar refractivity (Wildman–Crippen MR) is 101 cm³/mol. The van der Waals surface area contributed by atoms with E-state index in [0.717, 1.165) is 22.6 Å². The van der Waals surface area contributed by atoms with Gasteiger partial charge in [0.25, 0.3) is 0 Å². The first-order valence-electron chi connectivity index (χ1n) is 9.22. The Morgan fingerprint density at radius 1 is 1.07 bits per heavy atom. The third-order valence-electron chi connectivity index (χ3n) is 4.98. The molecule has 2 aliphatic rings. The van der Waals surface area contributed by atoms with Crippen LogP contribution in [0.1, 0.15) is 17.2 Å². The number of hydrogen-bond donors (Lipinski definition) is 0. The molecule has 0 N–H and O–H groups in total. The Balaban J connectivity index is 1.56. The third kappa shape index (κ3) is 3.91. The number of carbonyl (C=O) groups excluding carboxylic acids is 1. The number of amides is 1. The van der Waals surface area contributed by atoms with E-state index in [4.69, 9.17) is 14.2 Å². The molecule has 2 aliphatic heterocycles. The highest BCUT2D eigenvalue weighted by molar-refractivity contribution is 5.83. The normalized spacial score (nSPS) is 17.2. The van der Waals surface area contributed by atoms with Gasteiger partial charge < -0.3 is 19.1 Å². The maximum absolute atomic E-state index is 13.3. The summed E-state index contributed by atoms with van der Waals surface area (Å²) in [6, 6.07) is 15.5. The monoisotopic (exact) mass is 368 g/mol. The molecule has 0 saturated carbocycles. The standard InChI is InChI=1S/C21H24N2O4/c1-22(14-16-7-8-18-19(13-16)27-15-26-18)20(17-5-3-2-4-6-17)21(24)23-9-11-25-12-10-23/h2-8,13,20H,9-12,14-15H2,1H3/t20-/m1/s1. The number of carbonyl (C=O) groups is 1. The zero-order valence-electron chi connectivity index (χ0n) is 15.5. The number of fused-ring (bicyclic) bond motifs is 1. The van der Waals surface area contributed by atoms with Crippen LogP contribution in [0, 0.1) is 0 Å². The summed E-state index contributed by atoms with van der Waals surface area (Å²) in [5.74, 6) is 1.65. The van der Waals surface area contributed by atoms with Gasteiger partial charge in [0, 0.05) is 19.6 Å². The van der Waals surface area contributed by atoms with Crippen molar-refractivity contribution in [3.05, 3.63) is 59.7 Å². The lowest BCUT2D eigenvalue weighted by molar-refractivity contribution is -0.141. The van der Waals surface area contributed by atoms with Crippen molar-refractivity contribution >= 4 is 5.91 Å². The largest absolute Gasteiger partial charge is 0.454 e. The topological polar surface area (TPSA) is 51.2 Å². The van der Waals surface area contributed by atoms with Gasteiger partial charge in [-0.05, 0) is 30.3 Å². The van der Waals surface area contributed by atoms with Crippen molar-refractivity contribution in [3.8, 4) is 11.5 Å². The molecule has 1 fully saturated rings. The smallest absolute Gasteiger partial charge is 0.244 e. The molecule has 2 aromatic rings. The minimum atomic E-state index is -0.338.